The monoisotopic (exact) mass is 404 g/mol. The lowest BCUT2D eigenvalue weighted by Crippen LogP contribution is -2.37. The van der Waals surface area contributed by atoms with E-state index in [2.05, 4.69) is 32.6 Å². The summed E-state index contributed by atoms with van der Waals surface area (Å²) in [6, 6.07) is 0. The normalized spacial score (nSPS) is 36.0. The lowest BCUT2D eigenvalue weighted by molar-refractivity contribution is 0.191. The second-order valence-electron chi connectivity index (χ2n) is 9.72. The Bertz CT molecular complexity index is 587. The first-order valence-corrected chi connectivity index (χ1v) is 11.9. The molecule has 28 heavy (non-hydrogen) atoms. The van der Waals surface area contributed by atoms with Gasteiger partial charge in [0.1, 0.15) is 0 Å². The van der Waals surface area contributed by atoms with E-state index in [9.17, 15) is 5.11 Å². The first-order valence-electron chi connectivity index (χ1n) is 11.4. The molecule has 4 atom stereocenters. The third kappa shape index (κ3) is 5.36. The van der Waals surface area contributed by atoms with E-state index in [4.69, 9.17) is 12.6 Å². The number of hydrogen-bond donors (Lipinski definition) is 2. The highest BCUT2D eigenvalue weighted by molar-refractivity contribution is 7.81. The molecule has 3 aliphatic rings. The van der Waals surface area contributed by atoms with E-state index in [0.29, 0.717) is 5.92 Å². The fraction of sp³-hybridized carbons (Fsp3) is 0.769. The first-order chi connectivity index (χ1) is 12.9. The zero-order valence-electron chi connectivity index (χ0n) is 17.6. The van der Waals surface area contributed by atoms with Gasteiger partial charge in [-0.15, -0.1) is 0 Å². The van der Waals surface area contributed by atoms with Crippen molar-refractivity contribution in [2.45, 2.75) is 109 Å². The molecule has 0 aromatic rings. The number of unbranched alkanes of at least 4 members (excludes halogenated alkanes) is 1. The highest BCUT2D eigenvalue weighted by atomic mass is 32.1. The smallest absolute Gasteiger partial charge is 0.0787 e. The summed E-state index contributed by atoms with van der Waals surface area (Å²) in [4.78, 5) is 0. The summed E-state index contributed by atoms with van der Waals surface area (Å²) >= 11 is 5.34. The molecular formula is C26H44OS. The minimum atomic E-state index is -0.333. The molecule has 1 N–H and O–H groups in total. The minimum absolute atomic E-state index is 0. The van der Waals surface area contributed by atoms with Crippen LogP contribution in [-0.4, -0.2) is 16.0 Å². The maximum atomic E-state index is 10.1. The van der Waals surface area contributed by atoms with Crippen LogP contribution in [0.5, 0.6) is 0 Å². The fourth-order valence-electron chi connectivity index (χ4n) is 5.76. The van der Waals surface area contributed by atoms with Gasteiger partial charge in [-0.25, -0.2) is 0 Å². The molecule has 0 aromatic heterocycles. The molecule has 4 unspecified atom stereocenters. The molecule has 0 radical (unpaired) electrons. The van der Waals surface area contributed by atoms with Crippen LogP contribution in [0.15, 0.2) is 35.5 Å². The number of thiol groups is 1. The third-order valence-electron chi connectivity index (χ3n) is 7.43. The molecule has 3 fully saturated rings. The maximum absolute atomic E-state index is 10.1. The number of hydrogen-bond acceptors (Lipinski definition) is 2. The minimum Gasteiger partial charge on any atom is -0.388 e. The van der Waals surface area contributed by atoms with Gasteiger partial charge in [0, 0.05) is 4.75 Å². The molecule has 0 aromatic carbocycles. The average molecular weight is 405 g/mol. The maximum Gasteiger partial charge on any atom is 0.0787 e. The van der Waals surface area contributed by atoms with Crippen molar-refractivity contribution in [3.8, 4) is 0 Å². The highest BCUT2D eigenvalue weighted by Gasteiger charge is 2.49. The number of allylic oxidation sites excluding steroid dienone is 3. The summed E-state index contributed by atoms with van der Waals surface area (Å²) in [7, 11) is 0. The molecular weight excluding hydrogens is 360 g/mol. The third-order valence-corrected chi connectivity index (χ3v) is 8.33. The molecule has 3 rings (SSSR count). The zero-order chi connectivity index (χ0) is 19.4. The van der Waals surface area contributed by atoms with Crippen molar-refractivity contribution in [2.75, 3.05) is 0 Å². The van der Waals surface area contributed by atoms with E-state index in [1.54, 1.807) is 5.57 Å². The molecule has 0 aliphatic heterocycles. The zero-order valence-corrected chi connectivity index (χ0v) is 18.4. The summed E-state index contributed by atoms with van der Waals surface area (Å²) in [5, 5.41) is 10.1. The van der Waals surface area contributed by atoms with Crippen LogP contribution in [0.1, 0.15) is 98.3 Å². The van der Waals surface area contributed by atoms with E-state index < -0.39 is 0 Å². The molecule has 2 heteroatoms. The van der Waals surface area contributed by atoms with E-state index >= 15 is 0 Å². The van der Waals surface area contributed by atoms with Crippen molar-refractivity contribution in [1.29, 1.82) is 0 Å². The van der Waals surface area contributed by atoms with Gasteiger partial charge in [-0.2, -0.15) is 12.6 Å². The second kappa shape index (κ2) is 10.5. The van der Waals surface area contributed by atoms with Crippen LogP contribution in [0, 0.1) is 17.8 Å². The van der Waals surface area contributed by atoms with Crippen LogP contribution in [0.2, 0.25) is 0 Å². The van der Waals surface area contributed by atoms with Crippen molar-refractivity contribution >= 4 is 12.6 Å². The van der Waals surface area contributed by atoms with Crippen LogP contribution in [-0.2, 0) is 0 Å². The Kier molecular flexibility index (Phi) is 8.95. The molecule has 0 heterocycles. The van der Waals surface area contributed by atoms with Crippen molar-refractivity contribution in [1.82, 2.24) is 0 Å². The van der Waals surface area contributed by atoms with Crippen LogP contribution in [0.4, 0.5) is 0 Å². The lowest BCUT2D eigenvalue weighted by Gasteiger charge is -2.41. The predicted octanol–water partition coefficient (Wildman–Crippen LogP) is 7.67. The SMILES string of the molecule is C.C=C1/C(=C\C=C2/CCCC3(S)C(CCCCC(C)C)CCC23)CCCC1O. The Balaban J connectivity index is 0.00000280. The van der Waals surface area contributed by atoms with Gasteiger partial charge in [0.25, 0.3) is 0 Å². The van der Waals surface area contributed by atoms with Gasteiger partial charge < -0.3 is 5.11 Å². The predicted molar refractivity (Wildman–Crippen MR) is 127 cm³/mol. The van der Waals surface area contributed by atoms with E-state index in [1.807, 2.05) is 0 Å². The van der Waals surface area contributed by atoms with Gasteiger partial charge in [-0.3, -0.25) is 0 Å². The van der Waals surface area contributed by atoms with E-state index in [1.165, 1.54) is 63.4 Å². The first kappa shape index (κ1) is 23.8. The van der Waals surface area contributed by atoms with Crippen LogP contribution >= 0.6 is 12.6 Å². The Hall–Kier alpha value is -0.470. The topological polar surface area (TPSA) is 20.2 Å². The molecule has 0 bridgehead atoms. The van der Waals surface area contributed by atoms with E-state index in [0.717, 1.165) is 36.7 Å². The van der Waals surface area contributed by atoms with Gasteiger partial charge in [0.2, 0.25) is 0 Å². The summed E-state index contributed by atoms with van der Waals surface area (Å²) in [6.07, 6.45) is 19.3. The molecule has 3 saturated carbocycles. The van der Waals surface area contributed by atoms with Crippen molar-refractivity contribution in [2.24, 2.45) is 17.8 Å². The van der Waals surface area contributed by atoms with Gasteiger partial charge in [-0.05, 0) is 86.7 Å². The van der Waals surface area contributed by atoms with Crippen molar-refractivity contribution < 1.29 is 5.11 Å². The Morgan fingerprint density at radius 3 is 2.68 bits per heavy atom. The second-order valence-corrected chi connectivity index (χ2v) is 10.5. The average Bonchev–Trinajstić information content (AvgIpc) is 2.96. The standard InChI is InChI=1S/C25H40OS.CH4/c1-18(2)8-4-5-11-22-15-16-23-21(10-7-17-25(22,23)27)14-13-20-9-6-12-24(26)19(20)3;/h13-14,18,22-24,26-27H,3-12,15-17H2,1-2H3;1H4/b20-13-,21-14+;. The molecule has 0 amide bonds. The van der Waals surface area contributed by atoms with Crippen LogP contribution in [0.25, 0.3) is 0 Å². The molecule has 3 aliphatic carbocycles. The Labute approximate surface area is 180 Å². The highest BCUT2D eigenvalue weighted by Crippen LogP contribution is 2.56. The van der Waals surface area contributed by atoms with Crippen molar-refractivity contribution in [3.05, 3.63) is 35.5 Å². The number of rotatable bonds is 6. The molecule has 160 valence electrons. The summed E-state index contributed by atoms with van der Waals surface area (Å²) in [5.41, 5.74) is 3.82. The quantitative estimate of drug-likeness (QED) is 0.344. The summed E-state index contributed by atoms with van der Waals surface area (Å²) in [6.45, 7) is 8.79. The van der Waals surface area contributed by atoms with Crippen LogP contribution in [0.3, 0.4) is 0 Å². The number of fused-ring (bicyclic) bond motifs is 1. The molecule has 0 saturated heterocycles. The van der Waals surface area contributed by atoms with Crippen molar-refractivity contribution in [3.63, 3.8) is 0 Å². The molecule has 1 nitrogen and oxygen atoms in total. The summed E-state index contributed by atoms with van der Waals surface area (Å²) < 4.78 is 0.226. The van der Waals surface area contributed by atoms with Crippen LogP contribution < -0.4 is 0 Å². The number of aliphatic hydroxyl groups excluding tert-OH is 1. The van der Waals surface area contributed by atoms with Gasteiger partial charge >= 0.3 is 0 Å². The molecule has 0 spiro atoms. The lowest BCUT2D eigenvalue weighted by atomic mass is 9.72. The van der Waals surface area contributed by atoms with E-state index in [-0.39, 0.29) is 18.3 Å². The van der Waals surface area contributed by atoms with Gasteiger partial charge in [0.05, 0.1) is 6.10 Å². The number of aliphatic hydroxyl groups is 1. The largest absolute Gasteiger partial charge is 0.388 e. The Morgan fingerprint density at radius 1 is 1.14 bits per heavy atom. The van der Waals surface area contributed by atoms with Gasteiger partial charge in [-0.1, -0.05) is 64.8 Å². The summed E-state index contributed by atoms with van der Waals surface area (Å²) in [5.74, 6) is 2.28. The van der Waals surface area contributed by atoms with Gasteiger partial charge in [0.15, 0.2) is 0 Å². The Morgan fingerprint density at radius 2 is 1.93 bits per heavy atom. The fourth-order valence-corrected chi connectivity index (χ4v) is 6.47.